The molecule has 0 spiro atoms. The van der Waals surface area contributed by atoms with Crippen LogP contribution >= 0.6 is 0 Å². The van der Waals surface area contributed by atoms with Gasteiger partial charge in [-0.2, -0.15) is 0 Å². The molecule has 2 aliphatic heterocycles. The lowest BCUT2D eigenvalue weighted by Gasteiger charge is -2.32. The van der Waals surface area contributed by atoms with E-state index in [0.717, 1.165) is 62.4 Å². The highest BCUT2D eigenvalue weighted by molar-refractivity contribution is 5.77. The molecule has 0 amide bonds. The Bertz CT molecular complexity index is 1840. The van der Waals surface area contributed by atoms with Crippen LogP contribution in [0.4, 0.5) is 23.0 Å². The number of pyridine rings is 2. The molecule has 0 saturated carbocycles. The maximum atomic E-state index is 4.92. The van der Waals surface area contributed by atoms with E-state index in [0.29, 0.717) is 5.92 Å². The van der Waals surface area contributed by atoms with Crippen LogP contribution in [0.1, 0.15) is 41.9 Å². The SMILES string of the molecule is C1=CCC(c2ccc(N3CCCc4cc(-c5ccc6c(c5)CCCN6c5ccc(-c6ccccc6)cn5)ccc43)nc2)C=C1. The van der Waals surface area contributed by atoms with Crippen molar-refractivity contribution in [3.8, 4) is 22.3 Å². The molecule has 2 aromatic heterocycles. The fourth-order valence-electron chi connectivity index (χ4n) is 6.98. The lowest BCUT2D eigenvalue weighted by Crippen LogP contribution is -2.25. The number of anilines is 4. The molecule has 1 aliphatic carbocycles. The summed E-state index contributed by atoms with van der Waals surface area (Å²) in [6.45, 7) is 1.99. The molecular formula is C40H36N4. The van der Waals surface area contributed by atoms with Crippen LogP contribution in [-0.4, -0.2) is 23.1 Å². The largest absolute Gasteiger partial charge is 0.326 e. The highest BCUT2D eigenvalue weighted by atomic mass is 15.2. The number of fused-ring (bicyclic) bond motifs is 2. The molecule has 4 heterocycles. The Kier molecular flexibility index (Phi) is 7.03. The fourth-order valence-corrected chi connectivity index (χ4v) is 6.98. The average Bonchev–Trinajstić information content (AvgIpc) is 3.11. The van der Waals surface area contributed by atoms with E-state index in [4.69, 9.17) is 9.97 Å². The minimum Gasteiger partial charge on any atom is -0.326 e. The lowest BCUT2D eigenvalue weighted by molar-refractivity contribution is 0.757. The minimum atomic E-state index is 0.429. The first-order valence-corrected chi connectivity index (χ1v) is 15.9. The molecule has 4 nitrogen and oxygen atoms in total. The van der Waals surface area contributed by atoms with Crippen LogP contribution < -0.4 is 9.80 Å². The predicted octanol–water partition coefficient (Wildman–Crippen LogP) is 9.58. The molecule has 44 heavy (non-hydrogen) atoms. The number of hydrogen-bond donors (Lipinski definition) is 0. The number of aromatic nitrogens is 2. The van der Waals surface area contributed by atoms with Crippen molar-refractivity contribution in [1.29, 1.82) is 0 Å². The Morgan fingerprint density at radius 2 is 1.20 bits per heavy atom. The van der Waals surface area contributed by atoms with E-state index in [2.05, 4.69) is 125 Å². The van der Waals surface area contributed by atoms with Gasteiger partial charge in [0.05, 0.1) is 0 Å². The molecule has 1 atom stereocenters. The van der Waals surface area contributed by atoms with Gasteiger partial charge in [0.25, 0.3) is 0 Å². The normalized spacial score (nSPS) is 17.3. The maximum Gasteiger partial charge on any atom is 0.132 e. The van der Waals surface area contributed by atoms with E-state index >= 15 is 0 Å². The summed E-state index contributed by atoms with van der Waals surface area (Å²) in [6.07, 6.45) is 18.3. The zero-order chi connectivity index (χ0) is 29.3. The van der Waals surface area contributed by atoms with Gasteiger partial charge in [-0.25, -0.2) is 9.97 Å². The number of hydrogen-bond acceptors (Lipinski definition) is 4. The van der Waals surface area contributed by atoms with E-state index in [1.54, 1.807) is 0 Å². The third-order valence-electron chi connectivity index (χ3n) is 9.32. The topological polar surface area (TPSA) is 32.3 Å². The first-order valence-electron chi connectivity index (χ1n) is 15.9. The molecule has 1 unspecified atom stereocenters. The summed E-state index contributed by atoms with van der Waals surface area (Å²) in [4.78, 5) is 14.6. The maximum absolute atomic E-state index is 4.92. The average molecular weight is 573 g/mol. The van der Waals surface area contributed by atoms with Gasteiger partial charge in [0, 0.05) is 48.3 Å². The second-order valence-corrected chi connectivity index (χ2v) is 12.1. The number of rotatable bonds is 5. The Morgan fingerprint density at radius 1 is 0.568 bits per heavy atom. The highest BCUT2D eigenvalue weighted by Gasteiger charge is 2.23. The smallest absolute Gasteiger partial charge is 0.132 e. The van der Waals surface area contributed by atoms with Crippen molar-refractivity contribution in [3.63, 3.8) is 0 Å². The van der Waals surface area contributed by atoms with Gasteiger partial charge < -0.3 is 9.80 Å². The van der Waals surface area contributed by atoms with E-state index < -0.39 is 0 Å². The Hall–Kier alpha value is -4.96. The van der Waals surface area contributed by atoms with Crippen molar-refractivity contribution in [1.82, 2.24) is 9.97 Å². The molecule has 216 valence electrons. The summed E-state index contributed by atoms with van der Waals surface area (Å²) in [6, 6.07) is 33.2. The van der Waals surface area contributed by atoms with Gasteiger partial charge in [0.1, 0.15) is 11.6 Å². The minimum absolute atomic E-state index is 0.429. The van der Waals surface area contributed by atoms with Crippen LogP contribution in [0.3, 0.4) is 0 Å². The van der Waals surface area contributed by atoms with Gasteiger partial charge in [-0.1, -0.05) is 72.8 Å². The molecule has 5 aromatic rings. The molecule has 0 saturated heterocycles. The van der Waals surface area contributed by atoms with Gasteiger partial charge in [0.15, 0.2) is 0 Å². The van der Waals surface area contributed by atoms with Crippen LogP contribution in [-0.2, 0) is 12.8 Å². The van der Waals surface area contributed by atoms with Crippen molar-refractivity contribution in [3.05, 3.63) is 144 Å². The van der Waals surface area contributed by atoms with Gasteiger partial charge in [0.2, 0.25) is 0 Å². The summed E-state index contributed by atoms with van der Waals surface area (Å²) in [7, 11) is 0. The molecule has 3 aromatic carbocycles. The zero-order valence-electron chi connectivity index (χ0n) is 24.9. The molecule has 0 bridgehead atoms. The third kappa shape index (κ3) is 5.11. The first kappa shape index (κ1) is 26.7. The quantitative estimate of drug-likeness (QED) is 0.210. The summed E-state index contributed by atoms with van der Waals surface area (Å²) in [5.74, 6) is 2.48. The fraction of sp³-hybridized carbons (Fsp3) is 0.200. The Morgan fingerprint density at radius 3 is 1.77 bits per heavy atom. The van der Waals surface area contributed by atoms with E-state index in [1.807, 2.05) is 12.3 Å². The number of aryl methyl sites for hydroxylation is 2. The number of allylic oxidation sites excluding steroid dienone is 4. The van der Waals surface area contributed by atoms with Gasteiger partial charge >= 0.3 is 0 Å². The summed E-state index contributed by atoms with van der Waals surface area (Å²) in [5, 5.41) is 0. The van der Waals surface area contributed by atoms with Crippen LogP contribution in [0.5, 0.6) is 0 Å². The molecular weight excluding hydrogens is 536 g/mol. The van der Waals surface area contributed by atoms with Crippen LogP contribution in [0.15, 0.2) is 128 Å². The van der Waals surface area contributed by atoms with Gasteiger partial charge in [-0.05, 0) is 108 Å². The van der Waals surface area contributed by atoms with Crippen molar-refractivity contribution >= 4 is 23.0 Å². The lowest BCUT2D eigenvalue weighted by atomic mass is 9.92. The second-order valence-electron chi connectivity index (χ2n) is 12.1. The second kappa shape index (κ2) is 11.6. The Labute approximate surface area is 260 Å². The molecule has 0 fully saturated rings. The molecule has 4 heteroatoms. The van der Waals surface area contributed by atoms with Crippen LogP contribution in [0.2, 0.25) is 0 Å². The molecule has 0 N–H and O–H groups in total. The number of nitrogens with zero attached hydrogens (tertiary/aromatic N) is 4. The Balaban J connectivity index is 1.03. The molecule has 0 radical (unpaired) electrons. The van der Waals surface area contributed by atoms with Crippen molar-refractivity contribution < 1.29 is 0 Å². The molecule has 8 rings (SSSR count). The van der Waals surface area contributed by atoms with E-state index in [9.17, 15) is 0 Å². The van der Waals surface area contributed by atoms with Gasteiger partial charge in [-0.15, -0.1) is 0 Å². The standard InChI is InChI=1S/C40H36N4/c1-3-9-29(10-4-1)35-17-21-39(41-27-35)43-23-7-13-33-25-31(15-19-37(33)43)32-16-20-38-34(26-32)14-8-24-44(38)40-22-18-36(28-42-40)30-11-5-2-6-12-30/h1-6,9-11,15-22,25-28,30H,7-8,12-14,23-24H2. The summed E-state index contributed by atoms with van der Waals surface area (Å²) >= 11 is 0. The number of benzene rings is 3. The van der Waals surface area contributed by atoms with Crippen LogP contribution in [0, 0.1) is 0 Å². The third-order valence-corrected chi connectivity index (χ3v) is 9.32. The van der Waals surface area contributed by atoms with E-state index in [1.165, 1.54) is 44.8 Å². The van der Waals surface area contributed by atoms with Crippen molar-refractivity contribution in [2.45, 2.75) is 38.0 Å². The monoisotopic (exact) mass is 572 g/mol. The van der Waals surface area contributed by atoms with Crippen molar-refractivity contribution in [2.24, 2.45) is 0 Å². The van der Waals surface area contributed by atoms with Crippen LogP contribution in [0.25, 0.3) is 22.3 Å². The molecule has 3 aliphatic rings. The highest BCUT2D eigenvalue weighted by Crippen LogP contribution is 2.39. The summed E-state index contributed by atoms with van der Waals surface area (Å²) in [5.41, 5.74) is 11.6. The van der Waals surface area contributed by atoms with Gasteiger partial charge in [-0.3, -0.25) is 0 Å². The summed E-state index contributed by atoms with van der Waals surface area (Å²) < 4.78 is 0. The van der Waals surface area contributed by atoms with E-state index in [-0.39, 0.29) is 0 Å². The van der Waals surface area contributed by atoms with Crippen molar-refractivity contribution in [2.75, 3.05) is 22.9 Å². The first-order chi connectivity index (χ1) is 21.8. The zero-order valence-corrected chi connectivity index (χ0v) is 24.9. The predicted molar refractivity (Wildman–Crippen MR) is 182 cm³/mol.